The second kappa shape index (κ2) is 5.36. The minimum Gasteiger partial charge on any atom is -0.322 e. The van der Waals surface area contributed by atoms with Crippen LogP contribution in [0.5, 0.6) is 0 Å². The highest BCUT2D eigenvalue weighted by Gasteiger charge is 2.10. The number of amides is 1. The molecule has 0 spiro atoms. The number of anilines is 1. The third-order valence-electron chi connectivity index (χ3n) is 2.75. The van der Waals surface area contributed by atoms with Crippen molar-refractivity contribution in [3.8, 4) is 0 Å². The molecule has 0 unspecified atom stereocenters. The minimum absolute atomic E-state index is 0.102. The second-order valence-corrected chi connectivity index (χ2v) is 5.11. The van der Waals surface area contributed by atoms with Crippen molar-refractivity contribution in [3.63, 3.8) is 0 Å². The Morgan fingerprint density at radius 3 is 2.50 bits per heavy atom. The largest absolute Gasteiger partial charge is 0.322 e. The van der Waals surface area contributed by atoms with Crippen LogP contribution in [-0.4, -0.2) is 5.91 Å². The van der Waals surface area contributed by atoms with E-state index in [2.05, 4.69) is 27.3 Å². The van der Waals surface area contributed by atoms with Gasteiger partial charge in [-0.1, -0.05) is 29.8 Å². The molecule has 2 rings (SSSR count). The third kappa shape index (κ3) is 2.79. The molecule has 0 fully saturated rings. The molecule has 0 aromatic heterocycles. The van der Waals surface area contributed by atoms with Crippen molar-refractivity contribution in [1.29, 1.82) is 0 Å². The van der Waals surface area contributed by atoms with Crippen LogP contribution in [0.15, 0.2) is 46.9 Å². The number of nitrogens with one attached hydrogen (secondary N) is 1. The van der Waals surface area contributed by atoms with Crippen molar-refractivity contribution >= 4 is 27.5 Å². The molecule has 3 heteroatoms. The quantitative estimate of drug-likeness (QED) is 0.879. The van der Waals surface area contributed by atoms with Crippen molar-refractivity contribution < 1.29 is 4.79 Å². The molecule has 18 heavy (non-hydrogen) atoms. The van der Waals surface area contributed by atoms with Crippen molar-refractivity contribution in [2.75, 3.05) is 5.32 Å². The maximum absolute atomic E-state index is 12.1. The van der Waals surface area contributed by atoms with E-state index in [1.54, 1.807) is 6.07 Å². The normalized spacial score (nSPS) is 10.2. The number of carbonyl (C=O) groups excluding carboxylic acids is 1. The zero-order valence-electron chi connectivity index (χ0n) is 10.3. The van der Waals surface area contributed by atoms with Gasteiger partial charge in [-0.15, -0.1) is 0 Å². The van der Waals surface area contributed by atoms with E-state index in [-0.39, 0.29) is 5.91 Å². The molecular formula is C15H14BrNO. The molecule has 0 aliphatic rings. The Morgan fingerprint density at radius 2 is 1.83 bits per heavy atom. The highest BCUT2D eigenvalue weighted by molar-refractivity contribution is 9.10. The fraction of sp³-hybridized carbons (Fsp3) is 0.133. The Bertz CT molecular complexity index is 593. The summed E-state index contributed by atoms with van der Waals surface area (Å²) in [6.45, 7) is 4.02. The Hall–Kier alpha value is -1.61. The fourth-order valence-electron chi connectivity index (χ4n) is 1.79. The van der Waals surface area contributed by atoms with E-state index in [1.807, 2.05) is 44.2 Å². The van der Waals surface area contributed by atoms with Crippen molar-refractivity contribution in [2.45, 2.75) is 13.8 Å². The predicted molar refractivity (Wildman–Crippen MR) is 78.0 cm³/mol. The molecule has 0 radical (unpaired) electrons. The van der Waals surface area contributed by atoms with Gasteiger partial charge in [-0.05, 0) is 53.5 Å². The number of benzene rings is 2. The van der Waals surface area contributed by atoms with E-state index in [9.17, 15) is 4.79 Å². The lowest BCUT2D eigenvalue weighted by molar-refractivity contribution is 0.102. The molecule has 2 aromatic rings. The van der Waals surface area contributed by atoms with Crippen molar-refractivity contribution in [3.05, 3.63) is 63.6 Å². The summed E-state index contributed by atoms with van der Waals surface area (Å²) in [5, 5.41) is 2.93. The average molecular weight is 304 g/mol. The summed E-state index contributed by atoms with van der Waals surface area (Å²) in [6.07, 6.45) is 0. The second-order valence-electron chi connectivity index (χ2n) is 4.25. The maximum Gasteiger partial charge on any atom is 0.256 e. The smallest absolute Gasteiger partial charge is 0.256 e. The Balaban J connectivity index is 2.24. The van der Waals surface area contributed by atoms with E-state index in [4.69, 9.17) is 0 Å². The van der Waals surface area contributed by atoms with Gasteiger partial charge in [-0.3, -0.25) is 4.79 Å². The van der Waals surface area contributed by atoms with Gasteiger partial charge in [-0.2, -0.15) is 0 Å². The Kier molecular flexibility index (Phi) is 3.82. The Morgan fingerprint density at radius 1 is 1.11 bits per heavy atom. The number of aryl methyl sites for hydroxylation is 2. The van der Waals surface area contributed by atoms with E-state index in [1.165, 1.54) is 5.56 Å². The summed E-state index contributed by atoms with van der Waals surface area (Å²) in [6, 6.07) is 13.4. The van der Waals surface area contributed by atoms with Crippen LogP contribution in [0.4, 0.5) is 5.69 Å². The van der Waals surface area contributed by atoms with Crippen LogP contribution in [0.25, 0.3) is 0 Å². The van der Waals surface area contributed by atoms with Crippen molar-refractivity contribution in [1.82, 2.24) is 0 Å². The first-order valence-electron chi connectivity index (χ1n) is 5.71. The summed E-state index contributed by atoms with van der Waals surface area (Å²) < 4.78 is 0.798. The van der Waals surface area contributed by atoms with E-state index < -0.39 is 0 Å². The van der Waals surface area contributed by atoms with Crippen LogP contribution in [0, 0.1) is 13.8 Å². The first kappa shape index (κ1) is 12.8. The highest BCUT2D eigenvalue weighted by atomic mass is 79.9. The summed E-state index contributed by atoms with van der Waals surface area (Å²) in [5.41, 5.74) is 3.74. The number of hydrogen-bond acceptors (Lipinski definition) is 1. The van der Waals surface area contributed by atoms with Crippen molar-refractivity contribution in [2.24, 2.45) is 0 Å². The van der Waals surface area contributed by atoms with Crippen LogP contribution < -0.4 is 5.32 Å². The molecule has 0 saturated heterocycles. The van der Waals surface area contributed by atoms with Crippen LogP contribution >= 0.6 is 15.9 Å². The van der Waals surface area contributed by atoms with Gasteiger partial charge in [-0.25, -0.2) is 0 Å². The highest BCUT2D eigenvalue weighted by Crippen LogP contribution is 2.20. The predicted octanol–water partition coefficient (Wildman–Crippen LogP) is 4.32. The van der Waals surface area contributed by atoms with E-state index in [0.29, 0.717) is 5.56 Å². The standard InChI is InChI=1S/C15H14BrNO/c1-10-7-8-14(11(2)9-10)17-15(18)12-5-3-4-6-13(12)16/h3-9H,1-2H3,(H,17,18). The first-order valence-corrected chi connectivity index (χ1v) is 6.50. The summed E-state index contributed by atoms with van der Waals surface area (Å²) in [7, 11) is 0. The SMILES string of the molecule is Cc1ccc(NC(=O)c2ccccc2Br)c(C)c1. The van der Waals surface area contributed by atoms with Crippen LogP contribution in [0.3, 0.4) is 0 Å². The summed E-state index contributed by atoms with van der Waals surface area (Å²) in [5.74, 6) is -0.102. The average Bonchev–Trinajstić information content (AvgIpc) is 2.33. The van der Waals surface area contributed by atoms with Gasteiger partial charge in [0.25, 0.3) is 5.91 Å². The number of hydrogen-bond donors (Lipinski definition) is 1. The van der Waals surface area contributed by atoms with Crippen LogP contribution in [0.1, 0.15) is 21.5 Å². The van der Waals surface area contributed by atoms with Gasteiger partial charge in [0.1, 0.15) is 0 Å². The monoisotopic (exact) mass is 303 g/mol. The lowest BCUT2D eigenvalue weighted by Crippen LogP contribution is -2.13. The molecule has 1 amide bonds. The Labute approximate surface area is 115 Å². The molecule has 0 aliphatic heterocycles. The molecule has 2 nitrogen and oxygen atoms in total. The third-order valence-corrected chi connectivity index (χ3v) is 3.44. The molecule has 0 saturated carbocycles. The molecular weight excluding hydrogens is 290 g/mol. The first-order chi connectivity index (χ1) is 8.58. The van der Waals surface area contributed by atoms with Gasteiger partial charge in [0.2, 0.25) is 0 Å². The number of rotatable bonds is 2. The van der Waals surface area contributed by atoms with Gasteiger partial charge >= 0.3 is 0 Å². The molecule has 92 valence electrons. The van der Waals surface area contributed by atoms with Gasteiger partial charge < -0.3 is 5.32 Å². The van der Waals surface area contributed by atoms with Gasteiger partial charge in [0.15, 0.2) is 0 Å². The number of halogens is 1. The van der Waals surface area contributed by atoms with Gasteiger partial charge in [0.05, 0.1) is 5.56 Å². The van der Waals surface area contributed by atoms with E-state index >= 15 is 0 Å². The molecule has 1 N–H and O–H groups in total. The molecule has 0 heterocycles. The lowest BCUT2D eigenvalue weighted by Gasteiger charge is -2.10. The number of carbonyl (C=O) groups is 1. The molecule has 0 aliphatic carbocycles. The summed E-state index contributed by atoms with van der Waals surface area (Å²) >= 11 is 3.38. The van der Waals surface area contributed by atoms with Gasteiger partial charge in [0, 0.05) is 10.2 Å². The van der Waals surface area contributed by atoms with Crippen LogP contribution in [-0.2, 0) is 0 Å². The lowest BCUT2D eigenvalue weighted by atomic mass is 10.1. The minimum atomic E-state index is -0.102. The zero-order chi connectivity index (χ0) is 13.1. The van der Waals surface area contributed by atoms with Crippen LogP contribution in [0.2, 0.25) is 0 Å². The molecule has 0 atom stereocenters. The maximum atomic E-state index is 12.1. The van der Waals surface area contributed by atoms with E-state index in [0.717, 1.165) is 15.7 Å². The zero-order valence-corrected chi connectivity index (χ0v) is 11.9. The summed E-state index contributed by atoms with van der Waals surface area (Å²) in [4.78, 5) is 12.1. The molecule has 0 bridgehead atoms. The fourth-order valence-corrected chi connectivity index (χ4v) is 2.25. The topological polar surface area (TPSA) is 29.1 Å². The molecule has 2 aromatic carbocycles.